The summed E-state index contributed by atoms with van der Waals surface area (Å²) in [6, 6.07) is 7.34. The molecule has 0 heterocycles. The molecule has 0 radical (unpaired) electrons. The number of rotatable bonds is 4. The van der Waals surface area contributed by atoms with Crippen molar-refractivity contribution in [2.24, 2.45) is 4.99 Å². The van der Waals surface area contributed by atoms with E-state index in [2.05, 4.69) is 16.9 Å². The molecule has 0 atom stereocenters. The van der Waals surface area contributed by atoms with Crippen molar-refractivity contribution < 1.29 is 4.55 Å². The predicted octanol–water partition coefficient (Wildman–Crippen LogP) is 2.84. The highest BCUT2D eigenvalue weighted by atomic mass is 32.2. The number of nitrogens with one attached hydrogen (secondary N) is 1. The van der Waals surface area contributed by atoms with Crippen LogP contribution in [0.15, 0.2) is 46.9 Å². The first-order chi connectivity index (χ1) is 6.36. The van der Waals surface area contributed by atoms with Crippen LogP contribution < -0.4 is 5.32 Å². The summed E-state index contributed by atoms with van der Waals surface area (Å²) in [5.74, 6) is 0. The van der Waals surface area contributed by atoms with Crippen LogP contribution in [0.3, 0.4) is 0 Å². The SMILES string of the molecule is C=CN=CNc1ccc(SO)cc1. The molecule has 0 unspecified atom stereocenters. The third-order valence-electron chi connectivity index (χ3n) is 1.37. The van der Waals surface area contributed by atoms with Crippen LogP contribution in [-0.2, 0) is 0 Å². The number of nitrogens with zero attached hydrogens (tertiary/aromatic N) is 1. The van der Waals surface area contributed by atoms with Crippen LogP contribution in [0.25, 0.3) is 0 Å². The summed E-state index contributed by atoms with van der Waals surface area (Å²) in [5.41, 5.74) is 0.920. The summed E-state index contributed by atoms with van der Waals surface area (Å²) in [6.45, 7) is 3.44. The molecule has 2 N–H and O–H groups in total. The Morgan fingerprint density at radius 2 is 2.08 bits per heavy atom. The first-order valence-corrected chi connectivity index (χ1v) is 4.44. The quantitative estimate of drug-likeness (QED) is 0.440. The molecule has 13 heavy (non-hydrogen) atoms. The Kier molecular flexibility index (Phi) is 4.08. The van der Waals surface area contributed by atoms with Gasteiger partial charge in [0.05, 0.1) is 6.34 Å². The van der Waals surface area contributed by atoms with Crippen LogP contribution in [0, 0.1) is 0 Å². The summed E-state index contributed by atoms with van der Waals surface area (Å²) < 4.78 is 8.70. The fraction of sp³-hybridized carbons (Fsp3) is 0. The number of hydrogen-bond donors (Lipinski definition) is 2. The van der Waals surface area contributed by atoms with E-state index in [1.807, 2.05) is 24.3 Å². The van der Waals surface area contributed by atoms with Crippen molar-refractivity contribution in [2.75, 3.05) is 5.32 Å². The lowest BCUT2D eigenvalue weighted by Gasteiger charge is -1.99. The topological polar surface area (TPSA) is 44.6 Å². The highest BCUT2D eigenvalue weighted by Gasteiger charge is 1.90. The highest BCUT2D eigenvalue weighted by Crippen LogP contribution is 2.16. The second-order valence-electron chi connectivity index (χ2n) is 2.22. The number of benzene rings is 1. The standard InChI is InChI=1S/C9H10N2OS/c1-2-10-7-11-8-3-5-9(13-12)6-4-8/h2-7,12H,1H2,(H,10,11). The maximum Gasteiger partial charge on any atom is 0.0922 e. The second kappa shape index (κ2) is 5.40. The lowest BCUT2D eigenvalue weighted by molar-refractivity contribution is 0.664. The van der Waals surface area contributed by atoms with Crippen LogP contribution in [0.5, 0.6) is 0 Å². The predicted molar refractivity (Wildman–Crippen MR) is 57.2 cm³/mol. The molecular formula is C9H10N2OS. The van der Waals surface area contributed by atoms with Crippen molar-refractivity contribution in [2.45, 2.75) is 4.90 Å². The molecule has 0 aliphatic carbocycles. The van der Waals surface area contributed by atoms with Crippen LogP contribution in [0.1, 0.15) is 0 Å². The second-order valence-corrected chi connectivity index (χ2v) is 2.87. The van der Waals surface area contributed by atoms with Gasteiger partial charge in [0, 0.05) is 28.8 Å². The van der Waals surface area contributed by atoms with E-state index in [1.165, 1.54) is 6.20 Å². The summed E-state index contributed by atoms with van der Waals surface area (Å²) >= 11 is 0.728. The third kappa shape index (κ3) is 3.31. The lowest BCUT2D eigenvalue weighted by atomic mass is 10.3. The van der Waals surface area contributed by atoms with Crippen molar-refractivity contribution in [3.63, 3.8) is 0 Å². The van der Waals surface area contributed by atoms with E-state index < -0.39 is 0 Å². The minimum Gasteiger partial charge on any atom is -0.346 e. The number of anilines is 1. The van der Waals surface area contributed by atoms with Gasteiger partial charge in [0.1, 0.15) is 0 Å². The van der Waals surface area contributed by atoms with E-state index in [-0.39, 0.29) is 0 Å². The Morgan fingerprint density at radius 1 is 1.38 bits per heavy atom. The van der Waals surface area contributed by atoms with Gasteiger partial charge in [-0.15, -0.1) is 0 Å². The van der Waals surface area contributed by atoms with E-state index >= 15 is 0 Å². The average Bonchev–Trinajstić information content (AvgIpc) is 2.19. The van der Waals surface area contributed by atoms with Crippen LogP contribution in [-0.4, -0.2) is 10.9 Å². The van der Waals surface area contributed by atoms with Crippen molar-refractivity contribution >= 4 is 24.1 Å². The van der Waals surface area contributed by atoms with E-state index in [9.17, 15) is 0 Å². The highest BCUT2D eigenvalue weighted by molar-refractivity contribution is 7.93. The molecule has 0 fully saturated rings. The maximum absolute atomic E-state index is 8.70. The maximum atomic E-state index is 8.70. The fourth-order valence-corrected chi connectivity index (χ4v) is 1.03. The molecule has 0 saturated heterocycles. The van der Waals surface area contributed by atoms with Crippen molar-refractivity contribution in [3.8, 4) is 0 Å². The molecule has 68 valence electrons. The van der Waals surface area contributed by atoms with Crippen LogP contribution >= 0.6 is 12.0 Å². The van der Waals surface area contributed by atoms with Gasteiger partial charge < -0.3 is 9.87 Å². The summed E-state index contributed by atoms with van der Waals surface area (Å²) in [5, 5.41) is 2.94. The van der Waals surface area contributed by atoms with Crippen molar-refractivity contribution in [3.05, 3.63) is 37.0 Å². The Bertz CT molecular complexity index is 295. The largest absolute Gasteiger partial charge is 0.346 e. The molecule has 0 amide bonds. The van der Waals surface area contributed by atoms with Crippen molar-refractivity contribution in [1.29, 1.82) is 0 Å². The molecule has 1 aromatic carbocycles. The third-order valence-corrected chi connectivity index (χ3v) is 1.85. The van der Waals surface area contributed by atoms with Gasteiger partial charge in [-0.25, -0.2) is 4.99 Å². The molecule has 0 bridgehead atoms. The first-order valence-electron chi connectivity index (χ1n) is 3.67. The van der Waals surface area contributed by atoms with Crippen molar-refractivity contribution in [1.82, 2.24) is 0 Å². The average molecular weight is 194 g/mol. The number of hydrogen-bond acceptors (Lipinski definition) is 3. The summed E-state index contributed by atoms with van der Waals surface area (Å²) in [6.07, 6.45) is 3.00. The molecule has 0 aliphatic rings. The van der Waals surface area contributed by atoms with E-state index in [4.69, 9.17) is 4.55 Å². The molecule has 0 spiro atoms. The van der Waals surface area contributed by atoms with Gasteiger partial charge in [0.2, 0.25) is 0 Å². The molecule has 1 aromatic rings. The lowest BCUT2D eigenvalue weighted by Crippen LogP contribution is -1.92. The summed E-state index contributed by atoms with van der Waals surface area (Å²) in [7, 11) is 0. The Morgan fingerprint density at radius 3 is 2.62 bits per heavy atom. The summed E-state index contributed by atoms with van der Waals surface area (Å²) in [4.78, 5) is 4.59. The Balaban J connectivity index is 2.58. The smallest absolute Gasteiger partial charge is 0.0922 e. The zero-order valence-electron chi connectivity index (χ0n) is 6.97. The van der Waals surface area contributed by atoms with E-state index in [1.54, 1.807) is 6.34 Å². The van der Waals surface area contributed by atoms with Crippen LogP contribution in [0.4, 0.5) is 5.69 Å². The normalized spacial score (nSPS) is 10.2. The fourth-order valence-electron chi connectivity index (χ4n) is 0.777. The Hall–Kier alpha value is -1.26. The van der Waals surface area contributed by atoms with Gasteiger partial charge in [-0.1, -0.05) is 6.58 Å². The van der Waals surface area contributed by atoms with Gasteiger partial charge in [-0.3, -0.25) is 0 Å². The first kappa shape index (κ1) is 9.83. The van der Waals surface area contributed by atoms with Gasteiger partial charge in [0.15, 0.2) is 0 Å². The molecule has 1 rings (SSSR count). The molecule has 0 saturated carbocycles. The van der Waals surface area contributed by atoms with Crippen LogP contribution in [0.2, 0.25) is 0 Å². The molecule has 4 heteroatoms. The minimum absolute atomic E-state index is 0.728. The Labute approximate surface area is 81.4 Å². The van der Waals surface area contributed by atoms with E-state index in [0.717, 1.165) is 22.6 Å². The minimum atomic E-state index is 0.728. The van der Waals surface area contributed by atoms with Gasteiger partial charge in [0.25, 0.3) is 0 Å². The molecular weight excluding hydrogens is 184 g/mol. The molecule has 0 aromatic heterocycles. The zero-order chi connectivity index (χ0) is 9.52. The van der Waals surface area contributed by atoms with Gasteiger partial charge >= 0.3 is 0 Å². The van der Waals surface area contributed by atoms with Gasteiger partial charge in [-0.05, 0) is 24.3 Å². The molecule has 0 aliphatic heterocycles. The van der Waals surface area contributed by atoms with Gasteiger partial charge in [-0.2, -0.15) is 0 Å². The monoisotopic (exact) mass is 194 g/mol. The zero-order valence-corrected chi connectivity index (χ0v) is 7.79. The van der Waals surface area contributed by atoms with E-state index in [0.29, 0.717) is 0 Å². The molecule has 3 nitrogen and oxygen atoms in total. The number of aliphatic imine (C=N–C) groups is 1.